The molecule has 0 spiro atoms. The molecule has 3 heterocycles. The predicted molar refractivity (Wildman–Crippen MR) is 106 cm³/mol. The summed E-state index contributed by atoms with van der Waals surface area (Å²) in [5, 5.41) is 3.03. The Morgan fingerprint density at radius 1 is 1.00 bits per heavy atom. The van der Waals surface area contributed by atoms with Crippen LogP contribution >= 0.6 is 0 Å². The highest BCUT2D eigenvalue weighted by Crippen LogP contribution is 2.11. The van der Waals surface area contributed by atoms with Crippen LogP contribution < -0.4 is 10.2 Å². The van der Waals surface area contributed by atoms with Crippen LogP contribution in [0, 0.1) is 0 Å². The molecule has 0 radical (unpaired) electrons. The molecule has 1 saturated heterocycles. The van der Waals surface area contributed by atoms with Crippen molar-refractivity contribution in [3.63, 3.8) is 0 Å². The molecule has 1 aliphatic heterocycles. The van der Waals surface area contributed by atoms with Crippen LogP contribution in [0.1, 0.15) is 11.1 Å². The van der Waals surface area contributed by atoms with E-state index >= 15 is 0 Å². The summed E-state index contributed by atoms with van der Waals surface area (Å²) in [4.78, 5) is 29.1. The van der Waals surface area contributed by atoms with Crippen molar-refractivity contribution in [3.05, 3.63) is 72.6 Å². The molecule has 2 aromatic heterocycles. The summed E-state index contributed by atoms with van der Waals surface area (Å²) in [7, 11) is 0. The number of carbonyl (C=O) groups is 1. The van der Waals surface area contributed by atoms with E-state index in [-0.39, 0.29) is 6.03 Å². The van der Waals surface area contributed by atoms with Crippen LogP contribution in [0.25, 0.3) is 0 Å². The first-order valence-corrected chi connectivity index (χ1v) is 9.36. The molecule has 0 saturated carbocycles. The van der Waals surface area contributed by atoms with E-state index in [1.54, 1.807) is 31.0 Å². The topological polar surface area (TPSA) is 79.2 Å². The van der Waals surface area contributed by atoms with Gasteiger partial charge in [-0.25, -0.2) is 19.7 Å². The van der Waals surface area contributed by atoms with E-state index in [0.29, 0.717) is 19.6 Å². The number of hydrogen-bond donors (Lipinski definition) is 1. The van der Waals surface area contributed by atoms with Gasteiger partial charge in [-0.15, -0.1) is 0 Å². The molecule has 144 valence electrons. The number of anilines is 1. The van der Waals surface area contributed by atoms with Gasteiger partial charge in [0.2, 0.25) is 5.95 Å². The Morgan fingerprint density at radius 2 is 1.79 bits per heavy atom. The molecule has 28 heavy (non-hydrogen) atoms. The molecule has 8 heteroatoms. The third-order valence-corrected chi connectivity index (χ3v) is 4.76. The van der Waals surface area contributed by atoms with Crippen molar-refractivity contribution in [3.8, 4) is 0 Å². The fraction of sp³-hybridized carbons (Fsp3) is 0.300. The maximum atomic E-state index is 12.5. The standard InChI is InChI=1S/C20H23N7O/c28-20(27-11-9-26(10-12-27)19-22-5-2-6-23-19)24-14-17-3-1-4-18(13-17)15-25-8-7-21-16-25/h1-8,13,16H,9-12,14-15H2,(H,24,28). The lowest BCUT2D eigenvalue weighted by atomic mass is 10.1. The van der Waals surface area contributed by atoms with Crippen LogP contribution in [-0.2, 0) is 13.1 Å². The molecular weight excluding hydrogens is 354 g/mol. The van der Waals surface area contributed by atoms with E-state index < -0.39 is 0 Å². The van der Waals surface area contributed by atoms with Gasteiger partial charge in [-0.05, 0) is 17.2 Å². The summed E-state index contributed by atoms with van der Waals surface area (Å²) in [6, 6.07) is 10.0. The molecule has 0 unspecified atom stereocenters. The second-order valence-electron chi connectivity index (χ2n) is 6.74. The third-order valence-electron chi connectivity index (χ3n) is 4.76. The minimum Gasteiger partial charge on any atom is -0.337 e. The number of imidazole rings is 1. The van der Waals surface area contributed by atoms with E-state index in [2.05, 4.69) is 37.3 Å². The lowest BCUT2D eigenvalue weighted by Crippen LogP contribution is -2.52. The van der Waals surface area contributed by atoms with E-state index in [9.17, 15) is 4.79 Å². The molecule has 1 N–H and O–H groups in total. The van der Waals surface area contributed by atoms with Crippen molar-refractivity contribution in [2.75, 3.05) is 31.1 Å². The number of piperazine rings is 1. The number of carbonyl (C=O) groups excluding carboxylic acids is 1. The van der Waals surface area contributed by atoms with E-state index in [4.69, 9.17) is 0 Å². The largest absolute Gasteiger partial charge is 0.337 e. The molecule has 0 bridgehead atoms. The highest BCUT2D eigenvalue weighted by atomic mass is 16.2. The molecular formula is C20H23N7O. The summed E-state index contributed by atoms with van der Waals surface area (Å²) in [6.07, 6.45) is 8.99. The van der Waals surface area contributed by atoms with Gasteiger partial charge >= 0.3 is 6.03 Å². The number of aromatic nitrogens is 4. The average molecular weight is 377 g/mol. The van der Waals surface area contributed by atoms with Crippen molar-refractivity contribution in [2.45, 2.75) is 13.1 Å². The quantitative estimate of drug-likeness (QED) is 0.733. The molecule has 1 aromatic carbocycles. The zero-order chi connectivity index (χ0) is 19.2. The fourth-order valence-corrected chi connectivity index (χ4v) is 3.28. The molecule has 8 nitrogen and oxygen atoms in total. The Balaban J connectivity index is 1.27. The van der Waals surface area contributed by atoms with Crippen molar-refractivity contribution in [2.24, 2.45) is 0 Å². The first-order valence-electron chi connectivity index (χ1n) is 9.36. The summed E-state index contributed by atoms with van der Waals surface area (Å²) in [6.45, 7) is 4.06. The van der Waals surface area contributed by atoms with Gasteiger partial charge in [0.05, 0.1) is 6.33 Å². The molecule has 1 aliphatic rings. The van der Waals surface area contributed by atoms with Crippen LogP contribution in [-0.4, -0.2) is 56.6 Å². The number of nitrogens with zero attached hydrogens (tertiary/aromatic N) is 6. The van der Waals surface area contributed by atoms with Crippen molar-refractivity contribution in [1.29, 1.82) is 0 Å². The minimum absolute atomic E-state index is 0.0337. The van der Waals surface area contributed by atoms with Crippen LogP contribution in [0.2, 0.25) is 0 Å². The van der Waals surface area contributed by atoms with Crippen LogP contribution in [0.5, 0.6) is 0 Å². The monoisotopic (exact) mass is 377 g/mol. The maximum absolute atomic E-state index is 12.5. The Morgan fingerprint density at radius 3 is 2.54 bits per heavy atom. The zero-order valence-corrected chi connectivity index (χ0v) is 15.6. The van der Waals surface area contributed by atoms with Gasteiger partial charge in [-0.3, -0.25) is 0 Å². The maximum Gasteiger partial charge on any atom is 0.317 e. The van der Waals surface area contributed by atoms with Gasteiger partial charge in [0.1, 0.15) is 0 Å². The number of amides is 2. The molecule has 0 aliphatic carbocycles. The average Bonchev–Trinajstić information content (AvgIpc) is 3.26. The summed E-state index contributed by atoms with van der Waals surface area (Å²) < 4.78 is 2.02. The van der Waals surface area contributed by atoms with E-state index in [1.165, 1.54) is 5.56 Å². The first-order chi connectivity index (χ1) is 13.8. The van der Waals surface area contributed by atoms with Gasteiger partial charge in [0.25, 0.3) is 0 Å². The highest BCUT2D eigenvalue weighted by molar-refractivity contribution is 5.74. The lowest BCUT2D eigenvalue weighted by molar-refractivity contribution is 0.193. The Kier molecular flexibility index (Phi) is 5.46. The fourth-order valence-electron chi connectivity index (χ4n) is 3.28. The van der Waals surface area contributed by atoms with Crippen LogP contribution in [0.3, 0.4) is 0 Å². The Bertz CT molecular complexity index is 890. The van der Waals surface area contributed by atoms with Gasteiger partial charge in [0.15, 0.2) is 0 Å². The highest BCUT2D eigenvalue weighted by Gasteiger charge is 2.22. The van der Waals surface area contributed by atoms with E-state index in [1.807, 2.05) is 27.8 Å². The van der Waals surface area contributed by atoms with Gasteiger partial charge in [-0.1, -0.05) is 24.3 Å². The van der Waals surface area contributed by atoms with Gasteiger partial charge in [-0.2, -0.15) is 0 Å². The second-order valence-corrected chi connectivity index (χ2v) is 6.74. The number of nitrogens with one attached hydrogen (secondary N) is 1. The minimum atomic E-state index is -0.0337. The van der Waals surface area contributed by atoms with Gasteiger partial charge < -0.3 is 19.7 Å². The number of benzene rings is 1. The van der Waals surface area contributed by atoms with Crippen LogP contribution in [0.15, 0.2) is 61.4 Å². The number of urea groups is 1. The molecule has 0 atom stereocenters. The number of rotatable bonds is 5. The lowest BCUT2D eigenvalue weighted by Gasteiger charge is -2.34. The first kappa shape index (κ1) is 18.0. The predicted octanol–water partition coefficient (Wildman–Crippen LogP) is 1.75. The summed E-state index contributed by atoms with van der Waals surface area (Å²) >= 11 is 0. The normalized spacial score (nSPS) is 14.1. The Hall–Kier alpha value is -3.42. The molecule has 1 fully saturated rings. The third kappa shape index (κ3) is 4.46. The zero-order valence-electron chi connectivity index (χ0n) is 15.6. The summed E-state index contributed by atoms with van der Waals surface area (Å²) in [5.41, 5.74) is 2.27. The van der Waals surface area contributed by atoms with E-state index in [0.717, 1.165) is 31.1 Å². The Labute approximate surface area is 163 Å². The number of hydrogen-bond acceptors (Lipinski definition) is 5. The molecule has 4 rings (SSSR count). The SMILES string of the molecule is O=C(NCc1cccc(Cn2ccnc2)c1)N1CCN(c2ncccn2)CC1. The molecule has 2 amide bonds. The van der Waals surface area contributed by atoms with Crippen molar-refractivity contribution in [1.82, 2.24) is 29.7 Å². The smallest absolute Gasteiger partial charge is 0.317 e. The van der Waals surface area contributed by atoms with Crippen LogP contribution in [0.4, 0.5) is 10.7 Å². The molecule has 3 aromatic rings. The van der Waals surface area contributed by atoms with Crippen molar-refractivity contribution < 1.29 is 4.79 Å². The second kappa shape index (κ2) is 8.51. The van der Waals surface area contributed by atoms with Gasteiger partial charge in [0, 0.05) is 64.1 Å². The summed E-state index contributed by atoms with van der Waals surface area (Å²) in [5.74, 6) is 0.720. The van der Waals surface area contributed by atoms with Crippen molar-refractivity contribution >= 4 is 12.0 Å².